The van der Waals surface area contributed by atoms with Crippen LogP contribution in [0.4, 0.5) is 0 Å². The largest absolute Gasteiger partial charge is 0.370 e. The Morgan fingerprint density at radius 3 is 2.27 bits per heavy atom. The average Bonchev–Trinajstić information content (AvgIpc) is 3.60. The monoisotopic (exact) mass is 652 g/mol. The zero-order valence-corrected chi connectivity index (χ0v) is 28.3. The number of benzene rings is 3. The minimum absolute atomic E-state index is 0.0800. The zero-order valence-electron chi connectivity index (χ0n) is 28.3. The van der Waals surface area contributed by atoms with E-state index in [-0.39, 0.29) is 5.91 Å². The van der Waals surface area contributed by atoms with Crippen LogP contribution in [0.15, 0.2) is 60.8 Å². The average molecular weight is 653 g/mol. The quantitative estimate of drug-likeness (QED) is 0.192. The summed E-state index contributed by atoms with van der Waals surface area (Å²) in [4.78, 5) is 24.3. The van der Waals surface area contributed by atoms with Gasteiger partial charge in [0.15, 0.2) is 0 Å². The van der Waals surface area contributed by atoms with Gasteiger partial charge >= 0.3 is 0 Å². The van der Waals surface area contributed by atoms with Crippen LogP contribution < -0.4 is 5.32 Å². The predicted octanol–water partition coefficient (Wildman–Crippen LogP) is 7.60. The number of aromatic nitrogens is 2. The molecule has 7 rings (SSSR count). The molecule has 3 aromatic carbocycles. The number of likely N-dealkylation sites (tertiary alicyclic amines) is 1. The molecule has 8 nitrogen and oxygen atoms in total. The Hall–Kier alpha value is -4.76. The van der Waals surface area contributed by atoms with E-state index in [9.17, 15) is 10.1 Å². The third kappa shape index (κ3) is 7.17. The van der Waals surface area contributed by atoms with E-state index in [0.717, 1.165) is 85.4 Å². The summed E-state index contributed by atoms with van der Waals surface area (Å²) < 4.78 is 6.24. The lowest BCUT2D eigenvalue weighted by atomic mass is 9.77. The second-order valence-corrected chi connectivity index (χ2v) is 14.0. The number of rotatable bonds is 9. The molecule has 1 aromatic heterocycles. The van der Waals surface area contributed by atoms with Crippen LogP contribution in [-0.4, -0.2) is 47.0 Å². The highest BCUT2D eigenvalue weighted by Crippen LogP contribution is 2.42. The Morgan fingerprint density at radius 1 is 0.857 bits per heavy atom. The van der Waals surface area contributed by atoms with Crippen LogP contribution in [0.1, 0.15) is 118 Å². The smallest absolute Gasteiger partial charge is 0.254 e. The maximum Gasteiger partial charge on any atom is 0.254 e. The summed E-state index contributed by atoms with van der Waals surface area (Å²) in [6, 6.07) is 22.6. The Morgan fingerprint density at radius 2 is 1.57 bits per heavy atom. The fourth-order valence-electron chi connectivity index (χ4n) is 7.81. The van der Waals surface area contributed by atoms with E-state index in [0.29, 0.717) is 55.2 Å². The Kier molecular flexibility index (Phi) is 9.89. The van der Waals surface area contributed by atoms with Crippen LogP contribution >= 0.6 is 0 Å². The standard InChI is InChI=1S/C41H44N6O2/c1-27-19-38(32-3-2-4-32)39(21-37(27)41(48)47-17-13-31(14-18-47)30-8-5-28(22-42)6-9-30)40-45-24-35(46-40)26-49-25-34-20-29(23-43)7-10-36(34)33-11-15-44-16-12-33/h5-10,19-21,24,31-33,44H,2-4,11-18,25-26H2,1H3,(H,45,46). The molecule has 3 aliphatic rings. The number of hydrogen-bond donors (Lipinski definition) is 2. The number of carbonyl (C=O) groups excluding carboxylic acids is 1. The normalized spacial score (nSPS) is 17.3. The van der Waals surface area contributed by atoms with Crippen molar-refractivity contribution >= 4 is 5.91 Å². The summed E-state index contributed by atoms with van der Waals surface area (Å²) in [6.45, 7) is 6.30. The molecule has 1 amide bonds. The van der Waals surface area contributed by atoms with Crippen molar-refractivity contribution in [1.82, 2.24) is 20.2 Å². The van der Waals surface area contributed by atoms with Gasteiger partial charge in [-0.2, -0.15) is 10.5 Å². The molecule has 2 aliphatic heterocycles. The molecule has 3 heterocycles. The molecule has 2 N–H and O–H groups in total. The predicted molar refractivity (Wildman–Crippen MR) is 189 cm³/mol. The number of carbonyl (C=O) groups is 1. The SMILES string of the molecule is Cc1cc(C2CCC2)c(-c2ncc(COCc3cc(C#N)ccc3C3CCNCC3)[nH]2)cc1C(=O)N1CCC(c2ccc(C#N)cc2)CC1. The number of amides is 1. The first kappa shape index (κ1) is 32.8. The first-order valence-corrected chi connectivity index (χ1v) is 17.8. The van der Waals surface area contributed by atoms with Gasteiger partial charge in [-0.15, -0.1) is 0 Å². The van der Waals surface area contributed by atoms with Crippen LogP contribution in [0.2, 0.25) is 0 Å². The van der Waals surface area contributed by atoms with Gasteiger partial charge in [0.2, 0.25) is 0 Å². The number of hydrogen-bond acceptors (Lipinski definition) is 6. The summed E-state index contributed by atoms with van der Waals surface area (Å²) in [5, 5.41) is 22.1. The Balaban J connectivity index is 1.05. The van der Waals surface area contributed by atoms with E-state index in [2.05, 4.69) is 59.7 Å². The summed E-state index contributed by atoms with van der Waals surface area (Å²) in [5.74, 6) is 2.20. The lowest BCUT2D eigenvalue weighted by Crippen LogP contribution is -2.38. The number of piperidine rings is 2. The van der Waals surface area contributed by atoms with Crippen molar-refractivity contribution in [3.8, 4) is 23.5 Å². The minimum Gasteiger partial charge on any atom is -0.370 e. The number of nitrogens with zero attached hydrogens (tertiary/aromatic N) is 4. The maximum absolute atomic E-state index is 14.0. The molecule has 250 valence electrons. The van der Waals surface area contributed by atoms with Crippen molar-refractivity contribution in [2.75, 3.05) is 26.2 Å². The lowest BCUT2D eigenvalue weighted by Gasteiger charge is -2.33. The van der Waals surface area contributed by atoms with Crippen LogP contribution in [0.25, 0.3) is 11.4 Å². The molecule has 0 bridgehead atoms. The minimum atomic E-state index is 0.0800. The van der Waals surface area contributed by atoms with E-state index in [1.165, 1.54) is 23.1 Å². The van der Waals surface area contributed by atoms with Crippen LogP contribution in [0, 0.1) is 29.6 Å². The van der Waals surface area contributed by atoms with Crippen LogP contribution in [-0.2, 0) is 18.0 Å². The van der Waals surface area contributed by atoms with Gasteiger partial charge in [-0.1, -0.05) is 30.7 Å². The summed E-state index contributed by atoms with van der Waals surface area (Å²) in [5.41, 5.74) is 9.85. The van der Waals surface area contributed by atoms with E-state index in [1.807, 2.05) is 35.4 Å². The molecule has 0 unspecified atom stereocenters. The van der Waals surface area contributed by atoms with Gasteiger partial charge in [-0.3, -0.25) is 4.79 Å². The molecule has 0 spiro atoms. The molecule has 0 radical (unpaired) electrons. The third-order valence-corrected chi connectivity index (χ3v) is 10.9. The highest BCUT2D eigenvalue weighted by Gasteiger charge is 2.29. The number of aromatic amines is 1. The summed E-state index contributed by atoms with van der Waals surface area (Å²) in [7, 11) is 0. The molecule has 1 aliphatic carbocycles. The molecule has 4 aromatic rings. The molecule has 8 heteroatoms. The highest BCUT2D eigenvalue weighted by atomic mass is 16.5. The molecular weight excluding hydrogens is 608 g/mol. The van der Waals surface area contributed by atoms with Crippen molar-refractivity contribution in [3.63, 3.8) is 0 Å². The number of ether oxygens (including phenoxy) is 1. The van der Waals surface area contributed by atoms with Crippen LogP contribution in [0.5, 0.6) is 0 Å². The summed E-state index contributed by atoms with van der Waals surface area (Å²) >= 11 is 0. The van der Waals surface area contributed by atoms with E-state index in [4.69, 9.17) is 15.0 Å². The number of nitriles is 2. The second-order valence-electron chi connectivity index (χ2n) is 14.0. The highest BCUT2D eigenvalue weighted by molar-refractivity contribution is 5.97. The van der Waals surface area contributed by atoms with Crippen LogP contribution in [0.3, 0.4) is 0 Å². The molecular formula is C41H44N6O2. The zero-order chi connectivity index (χ0) is 33.7. The second kappa shape index (κ2) is 14.8. The van der Waals surface area contributed by atoms with Gasteiger partial charge < -0.3 is 19.9 Å². The lowest BCUT2D eigenvalue weighted by molar-refractivity contribution is 0.0712. The molecule has 49 heavy (non-hydrogen) atoms. The fourth-order valence-corrected chi connectivity index (χ4v) is 7.81. The Bertz CT molecular complexity index is 1880. The fraction of sp³-hybridized carbons (Fsp3) is 0.415. The van der Waals surface area contributed by atoms with Crippen molar-refractivity contribution in [1.29, 1.82) is 10.5 Å². The van der Waals surface area contributed by atoms with E-state index < -0.39 is 0 Å². The van der Waals surface area contributed by atoms with Gasteiger partial charge in [0.05, 0.1) is 48.4 Å². The number of H-pyrrole nitrogens is 1. The molecule has 0 atom stereocenters. The molecule has 2 saturated heterocycles. The number of nitrogens with one attached hydrogen (secondary N) is 2. The number of imidazole rings is 1. The summed E-state index contributed by atoms with van der Waals surface area (Å²) in [6.07, 6.45) is 9.36. The van der Waals surface area contributed by atoms with Gasteiger partial charge in [-0.25, -0.2) is 4.98 Å². The molecule has 3 fully saturated rings. The first-order valence-electron chi connectivity index (χ1n) is 17.8. The van der Waals surface area contributed by atoms with Crippen molar-refractivity contribution in [2.45, 2.75) is 82.8 Å². The van der Waals surface area contributed by atoms with Crippen molar-refractivity contribution in [3.05, 3.63) is 111 Å². The third-order valence-electron chi connectivity index (χ3n) is 10.9. The van der Waals surface area contributed by atoms with Gasteiger partial charge in [0, 0.05) is 24.2 Å². The van der Waals surface area contributed by atoms with Crippen molar-refractivity contribution in [2.24, 2.45) is 0 Å². The maximum atomic E-state index is 14.0. The van der Waals surface area contributed by atoms with E-state index >= 15 is 0 Å². The van der Waals surface area contributed by atoms with Gasteiger partial charge in [0.1, 0.15) is 5.82 Å². The first-order chi connectivity index (χ1) is 24.0. The molecule has 1 saturated carbocycles. The Labute approximate surface area is 289 Å². The number of aryl methyl sites for hydroxylation is 1. The van der Waals surface area contributed by atoms with E-state index in [1.54, 1.807) is 0 Å². The van der Waals surface area contributed by atoms with Gasteiger partial charge in [-0.05, 0) is 134 Å². The van der Waals surface area contributed by atoms with Crippen molar-refractivity contribution < 1.29 is 9.53 Å². The van der Waals surface area contributed by atoms with Gasteiger partial charge in [0.25, 0.3) is 5.91 Å². The topological polar surface area (TPSA) is 118 Å².